The van der Waals surface area contributed by atoms with Crippen LogP contribution in [0.3, 0.4) is 0 Å². The van der Waals surface area contributed by atoms with Crippen molar-refractivity contribution in [3.8, 4) is 0 Å². The van der Waals surface area contributed by atoms with Crippen molar-refractivity contribution in [1.82, 2.24) is 0 Å². The van der Waals surface area contributed by atoms with Crippen molar-refractivity contribution in [2.75, 3.05) is 0 Å². The first-order valence-electron chi connectivity index (χ1n) is 6.83. The van der Waals surface area contributed by atoms with Crippen LogP contribution >= 0.6 is 22.6 Å². The molecule has 1 aliphatic rings. The Kier molecular flexibility index (Phi) is 4.82. The molecule has 0 saturated heterocycles. The molecule has 98 valence electrons. The van der Waals surface area contributed by atoms with Crippen LogP contribution in [0.5, 0.6) is 0 Å². The number of hydrogen-bond acceptors (Lipinski definition) is 1. The van der Waals surface area contributed by atoms with Crippen molar-refractivity contribution in [3.63, 3.8) is 0 Å². The summed E-state index contributed by atoms with van der Waals surface area (Å²) in [6.45, 7) is 4.56. The van der Waals surface area contributed by atoms with Gasteiger partial charge in [0.15, 0.2) is 0 Å². The van der Waals surface area contributed by atoms with Crippen molar-refractivity contribution in [1.29, 1.82) is 0 Å². The highest BCUT2D eigenvalue weighted by atomic mass is 127. The van der Waals surface area contributed by atoms with E-state index in [1.807, 2.05) is 0 Å². The van der Waals surface area contributed by atoms with E-state index in [9.17, 15) is 4.79 Å². The Bertz CT molecular complexity index is 408. The molecule has 2 atom stereocenters. The van der Waals surface area contributed by atoms with Gasteiger partial charge in [-0.3, -0.25) is 4.79 Å². The summed E-state index contributed by atoms with van der Waals surface area (Å²) in [5, 5.41) is 0. The Balaban J connectivity index is 2.02. The zero-order valence-electron chi connectivity index (χ0n) is 11.2. The number of halogens is 1. The lowest BCUT2D eigenvalue weighted by atomic mass is 9.73. The molecule has 1 nitrogen and oxygen atoms in total. The van der Waals surface area contributed by atoms with Gasteiger partial charge in [0.05, 0.1) is 0 Å². The number of carbonyl (C=O) groups excluding carboxylic acids is 1. The van der Waals surface area contributed by atoms with Crippen molar-refractivity contribution in [3.05, 3.63) is 33.4 Å². The standard InChI is InChI=1S/C16H21IO/c1-11(2)13-5-8-16(18)14(10-13)9-12-3-6-15(17)7-4-12/h3-4,6-7,11,13-14H,5,8-10H2,1-2H3. The average Bonchev–Trinajstić information content (AvgIpc) is 2.34. The number of hydrogen-bond donors (Lipinski definition) is 0. The zero-order valence-corrected chi connectivity index (χ0v) is 13.3. The lowest BCUT2D eigenvalue weighted by molar-refractivity contribution is -0.125. The van der Waals surface area contributed by atoms with Crippen LogP contribution in [0, 0.1) is 21.3 Å². The van der Waals surface area contributed by atoms with Gasteiger partial charge in [0.25, 0.3) is 0 Å². The van der Waals surface area contributed by atoms with Gasteiger partial charge in [-0.25, -0.2) is 0 Å². The first kappa shape index (κ1) is 14.0. The molecule has 1 aliphatic carbocycles. The predicted octanol–water partition coefficient (Wildman–Crippen LogP) is 4.48. The Hall–Kier alpha value is -0.380. The molecule has 2 unspecified atom stereocenters. The monoisotopic (exact) mass is 356 g/mol. The summed E-state index contributed by atoms with van der Waals surface area (Å²) in [4.78, 5) is 12.0. The van der Waals surface area contributed by atoms with E-state index in [1.165, 1.54) is 9.13 Å². The van der Waals surface area contributed by atoms with Gasteiger partial charge in [0, 0.05) is 15.9 Å². The number of carbonyl (C=O) groups is 1. The fourth-order valence-electron chi connectivity index (χ4n) is 2.85. The van der Waals surface area contributed by atoms with Gasteiger partial charge in [-0.15, -0.1) is 0 Å². The van der Waals surface area contributed by atoms with E-state index in [4.69, 9.17) is 0 Å². The molecule has 2 heteroatoms. The number of benzene rings is 1. The summed E-state index contributed by atoms with van der Waals surface area (Å²) in [7, 11) is 0. The average molecular weight is 356 g/mol. The normalized spacial score (nSPS) is 24.6. The molecule has 1 aromatic rings. The van der Waals surface area contributed by atoms with E-state index in [1.54, 1.807) is 0 Å². The highest BCUT2D eigenvalue weighted by Crippen LogP contribution is 2.33. The molecule has 1 fully saturated rings. The zero-order chi connectivity index (χ0) is 13.1. The third kappa shape index (κ3) is 3.56. The van der Waals surface area contributed by atoms with E-state index in [0.717, 1.165) is 31.6 Å². The molecule has 1 aromatic carbocycles. The number of rotatable bonds is 3. The van der Waals surface area contributed by atoms with Crippen LogP contribution in [-0.2, 0) is 11.2 Å². The Labute approximate surface area is 123 Å². The molecule has 0 heterocycles. The second-order valence-electron chi connectivity index (χ2n) is 5.77. The first-order chi connectivity index (χ1) is 8.56. The second kappa shape index (κ2) is 6.18. The minimum absolute atomic E-state index is 0.256. The summed E-state index contributed by atoms with van der Waals surface area (Å²) in [6.07, 6.45) is 3.90. The maximum absolute atomic E-state index is 12.0. The van der Waals surface area contributed by atoms with Crippen molar-refractivity contribution < 1.29 is 4.79 Å². The van der Waals surface area contributed by atoms with E-state index in [0.29, 0.717) is 11.7 Å². The molecule has 0 bridgehead atoms. The van der Waals surface area contributed by atoms with Gasteiger partial charge in [0.1, 0.15) is 5.78 Å². The van der Waals surface area contributed by atoms with Gasteiger partial charge in [-0.05, 0) is 71.4 Å². The minimum atomic E-state index is 0.256. The van der Waals surface area contributed by atoms with Crippen molar-refractivity contribution in [2.45, 2.75) is 39.5 Å². The van der Waals surface area contributed by atoms with Crippen LogP contribution < -0.4 is 0 Å². The quantitative estimate of drug-likeness (QED) is 0.730. The molecule has 0 aliphatic heterocycles. The molecule has 0 amide bonds. The van der Waals surface area contributed by atoms with Gasteiger partial charge < -0.3 is 0 Å². The summed E-state index contributed by atoms with van der Waals surface area (Å²) in [5.41, 5.74) is 1.30. The van der Waals surface area contributed by atoms with Crippen LogP contribution in [-0.4, -0.2) is 5.78 Å². The lowest BCUT2D eigenvalue weighted by Crippen LogP contribution is -2.28. The molecule has 0 radical (unpaired) electrons. The molecular weight excluding hydrogens is 335 g/mol. The Morgan fingerprint density at radius 2 is 1.94 bits per heavy atom. The SMILES string of the molecule is CC(C)C1CCC(=O)C(Cc2ccc(I)cc2)C1. The van der Waals surface area contributed by atoms with Crippen molar-refractivity contribution >= 4 is 28.4 Å². The van der Waals surface area contributed by atoms with E-state index < -0.39 is 0 Å². The van der Waals surface area contributed by atoms with Crippen LogP contribution in [0.15, 0.2) is 24.3 Å². The molecule has 18 heavy (non-hydrogen) atoms. The summed E-state index contributed by atoms with van der Waals surface area (Å²) in [5.74, 6) is 2.17. The van der Waals surface area contributed by atoms with Gasteiger partial charge in [0.2, 0.25) is 0 Å². The first-order valence-corrected chi connectivity index (χ1v) is 7.91. The topological polar surface area (TPSA) is 17.1 Å². The summed E-state index contributed by atoms with van der Waals surface area (Å²) in [6, 6.07) is 8.58. The number of ketones is 1. The highest BCUT2D eigenvalue weighted by Gasteiger charge is 2.30. The lowest BCUT2D eigenvalue weighted by Gasteiger charge is -2.30. The van der Waals surface area contributed by atoms with Crippen LogP contribution in [0.25, 0.3) is 0 Å². The van der Waals surface area contributed by atoms with Crippen LogP contribution in [0.1, 0.15) is 38.7 Å². The smallest absolute Gasteiger partial charge is 0.136 e. The molecule has 0 spiro atoms. The fraction of sp³-hybridized carbons (Fsp3) is 0.562. The summed E-state index contributed by atoms with van der Waals surface area (Å²) < 4.78 is 1.26. The maximum Gasteiger partial charge on any atom is 0.136 e. The molecule has 1 saturated carbocycles. The highest BCUT2D eigenvalue weighted by molar-refractivity contribution is 14.1. The Morgan fingerprint density at radius 1 is 1.28 bits per heavy atom. The molecule has 2 rings (SSSR count). The molecular formula is C16H21IO. The van der Waals surface area contributed by atoms with Crippen LogP contribution in [0.4, 0.5) is 0 Å². The minimum Gasteiger partial charge on any atom is -0.299 e. The fourth-order valence-corrected chi connectivity index (χ4v) is 3.21. The van der Waals surface area contributed by atoms with Gasteiger partial charge in [-0.1, -0.05) is 26.0 Å². The van der Waals surface area contributed by atoms with Crippen LogP contribution in [0.2, 0.25) is 0 Å². The van der Waals surface area contributed by atoms with Gasteiger partial charge >= 0.3 is 0 Å². The number of Topliss-reactive ketones (excluding diaryl/α,β-unsaturated/α-hetero) is 1. The predicted molar refractivity (Wildman–Crippen MR) is 83.5 cm³/mol. The third-order valence-electron chi connectivity index (χ3n) is 4.14. The largest absolute Gasteiger partial charge is 0.299 e. The third-order valence-corrected chi connectivity index (χ3v) is 4.86. The second-order valence-corrected chi connectivity index (χ2v) is 7.02. The Morgan fingerprint density at radius 3 is 2.56 bits per heavy atom. The van der Waals surface area contributed by atoms with Gasteiger partial charge in [-0.2, -0.15) is 0 Å². The van der Waals surface area contributed by atoms with E-state index in [-0.39, 0.29) is 5.92 Å². The maximum atomic E-state index is 12.0. The van der Waals surface area contributed by atoms with Crippen molar-refractivity contribution in [2.24, 2.45) is 17.8 Å². The molecule has 0 N–H and O–H groups in total. The van der Waals surface area contributed by atoms with E-state index >= 15 is 0 Å². The van der Waals surface area contributed by atoms with E-state index in [2.05, 4.69) is 60.7 Å². The molecule has 0 aromatic heterocycles. The summed E-state index contributed by atoms with van der Waals surface area (Å²) >= 11 is 2.32.